The Kier molecular flexibility index (Phi) is 3.22. The normalized spacial score (nSPS) is 13.9. The number of alkyl halides is 1. The average Bonchev–Trinajstić information content (AvgIpc) is 3.03. The van der Waals surface area contributed by atoms with Gasteiger partial charge in [-0.05, 0) is 37.1 Å². The molecule has 6 heteroatoms. The number of benzene rings is 1. The quantitative estimate of drug-likeness (QED) is 0.816. The topological polar surface area (TPSA) is 59.2 Å². The second-order valence-electron chi connectivity index (χ2n) is 4.80. The van der Waals surface area contributed by atoms with Crippen molar-refractivity contribution in [1.82, 2.24) is 15.0 Å². The molecule has 0 saturated carbocycles. The number of rotatable bonds is 3. The molecule has 104 valence electrons. The minimum Gasteiger partial charge on any atom is -0.335 e. The van der Waals surface area contributed by atoms with Crippen LogP contribution in [0, 0.1) is 6.92 Å². The standard InChI is InChI=1S/C14H14ClN3O2/c1-3-18-7-10-5-9(4-8(2)12(10)14(18)19)13-16-11(6-15)17-20-13/h4-5H,3,6-7H2,1-2H3. The van der Waals surface area contributed by atoms with Gasteiger partial charge in [0.2, 0.25) is 0 Å². The number of hydrogen-bond donors (Lipinski definition) is 0. The van der Waals surface area contributed by atoms with Gasteiger partial charge in [0.15, 0.2) is 5.82 Å². The highest BCUT2D eigenvalue weighted by Gasteiger charge is 2.28. The highest BCUT2D eigenvalue weighted by Crippen LogP contribution is 2.30. The highest BCUT2D eigenvalue weighted by atomic mass is 35.5. The molecule has 1 aliphatic rings. The molecule has 1 aromatic heterocycles. The van der Waals surface area contributed by atoms with Gasteiger partial charge in [-0.2, -0.15) is 4.98 Å². The van der Waals surface area contributed by atoms with E-state index in [-0.39, 0.29) is 11.8 Å². The summed E-state index contributed by atoms with van der Waals surface area (Å²) in [7, 11) is 0. The molecule has 0 aliphatic carbocycles. The molecular formula is C14H14ClN3O2. The molecule has 0 unspecified atom stereocenters. The lowest BCUT2D eigenvalue weighted by Crippen LogP contribution is -2.23. The van der Waals surface area contributed by atoms with Gasteiger partial charge in [0.25, 0.3) is 11.8 Å². The lowest BCUT2D eigenvalue weighted by atomic mass is 10.0. The Labute approximate surface area is 121 Å². The van der Waals surface area contributed by atoms with Crippen LogP contribution in [0.15, 0.2) is 16.7 Å². The zero-order valence-corrected chi connectivity index (χ0v) is 12.1. The second kappa shape index (κ2) is 4.90. The monoisotopic (exact) mass is 291 g/mol. The molecule has 0 N–H and O–H groups in total. The Morgan fingerprint density at radius 3 is 2.90 bits per heavy atom. The van der Waals surface area contributed by atoms with Crippen LogP contribution in [0.25, 0.3) is 11.5 Å². The summed E-state index contributed by atoms with van der Waals surface area (Å²) in [5.74, 6) is 1.22. The summed E-state index contributed by atoms with van der Waals surface area (Å²) in [6.07, 6.45) is 0. The van der Waals surface area contributed by atoms with E-state index in [1.807, 2.05) is 30.9 Å². The van der Waals surface area contributed by atoms with E-state index in [0.29, 0.717) is 24.8 Å². The SMILES string of the molecule is CCN1Cc2cc(-c3nc(CCl)no3)cc(C)c2C1=O. The minimum atomic E-state index is 0.0959. The molecule has 1 amide bonds. The fourth-order valence-corrected chi connectivity index (χ4v) is 2.64. The maximum absolute atomic E-state index is 12.2. The molecule has 3 rings (SSSR count). The smallest absolute Gasteiger partial charge is 0.257 e. The minimum absolute atomic E-state index is 0.0959. The van der Waals surface area contributed by atoms with Crippen LogP contribution in [0.2, 0.25) is 0 Å². The van der Waals surface area contributed by atoms with Crippen molar-refractivity contribution >= 4 is 17.5 Å². The number of aromatic nitrogens is 2. The largest absolute Gasteiger partial charge is 0.335 e. The first-order valence-electron chi connectivity index (χ1n) is 6.45. The van der Waals surface area contributed by atoms with Gasteiger partial charge in [0.05, 0.1) is 5.88 Å². The molecule has 5 nitrogen and oxygen atoms in total. The number of amides is 1. The Hall–Kier alpha value is -1.88. The van der Waals surface area contributed by atoms with Gasteiger partial charge in [0, 0.05) is 24.2 Å². The predicted molar refractivity (Wildman–Crippen MR) is 74.4 cm³/mol. The van der Waals surface area contributed by atoms with Crippen LogP contribution in [-0.2, 0) is 12.4 Å². The molecule has 0 bridgehead atoms. The van der Waals surface area contributed by atoms with Crippen molar-refractivity contribution in [2.75, 3.05) is 6.54 Å². The van der Waals surface area contributed by atoms with Crippen molar-refractivity contribution in [2.45, 2.75) is 26.3 Å². The number of aryl methyl sites for hydroxylation is 1. The lowest BCUT2D eigenvalue weighted by Gasteiger charge is -2.11. The zero-order valence-electron chi connectivity index (χ0n) is 11.3. The zero-order chi connectivity index (χ0) is 14.3. The number of carbonyl (C=O) groups excluding carboxylic acids is 1. The molecule has 0 saturated heterocycles. The van der Waals surface area contributed by atoms with Crippen molar-refractivity contribution in [3.63, 3.8) is 0 Å². The Balaban J connectivity index is 2.05. The highest BCUT2D eigenvalue weighted by molar-refractivity contribution is 6.16. The third kappa shape index (κ3) is 1.98. The van der Waals surface area contributed by atoms with Gasteiger partial charge < -0.3 is 9.42 Å². The number of hydrogen-bond acceptors (Lipinski definition) is 4. The van der Waals surface area contributed by atoms with Crippen LogP contribution in [0.3, 0.4) is 0 Å². The molecule has 1 aliphatic heterocycles. The molecular weight excluding hydrogens is 278 g/mol. The Morgan fingerprint density at radius 2 is 2.25 bits per heavy atom. The van der Waals surface area contributed by atoms with E-state index in [4.69, 9.17) is 16.1 Å². The predicted octanol–water partition coefficient (Wildman–Crippen LogP) is 2.76. The fourth-order valence-electron chi connectivity index (χ4n) is 2.53. The summed E-state index contributed by atoms with van der Waals surface area (Å²) in [5.41, 5.74) is 3.57. The third-order valence-electron chi connectivity index (χ3n) is 3.50. The summed E-state index contributed by atoms with van der Waals surface area (Å²) in [5, 5.41) is 3.78. The third-order valence-corrected chi connectivity index (χ3v) is 3.73. The van der Waals surface area contributed by atoms with Gasteiger partial charge in [-0.25, -0.2) is 0 Å². The van der Waals surface area contributed by atoms with E-state index in [1.165, 1.54) is 0 Å². The first-order chi connectivity index (χ1) is 9.63. The number of fused-ring (bicyclic) bond motifs is 1. The van der Waals surface area contributed by atoms with Crippen LogP contribution in [-0.4, -0.2) is 27.5 Å². The van der Waals surface area contributed by atoms with Crippen LogP contribution < -0.4 is 0 Å². The van der Waals surface area contributed by atoms with E-state index < -0.39 is 0 Å². The van der Waals surface area contributed by atoms with Crippen LogP contribution >= 0.6 is 11.6 Å². The van der Waals surface area contributed by atoms with Crippen LogP contribution in [0.5, 0.6) is 0 Å². The number of halogens is 1. The fraction of sp³-hybridized carbons (Fsp3) is 0.357. The lowest BCUT2D eigenvalue weighted by molar-refractivity contribution is 0.0786. The average molecular weight is 292 g/mol. The first-order valence-corrected chi connectivity index (χ1v) is 6.99. The van der Waals surface area contributed by atoms with E-state index in [2.05, 4.69) is 10.1 Å². The maximum Gasteiger partial charge on any atom is 0.257 e. The van der Waals surface area contributed by atoms with Gasteiger partial charge in [-0.1, -0.05) is 5.16 Å². The summed E-state index contributed by atoms with van der Waals surface area (Å²) in [6.45, 7) is 5.25. The molecule has 0 atom stereocenters. The number of carbonyl (C=O) groups is 1. The molecule has 0 spiro atoms. The second-order valence-corrected chi connectivity index (χ2v) is 5.06. The van der Waals surface area contributed by atoms with Crippen LogP contribution in [0.1, 0.15) is 34.2 Å². The van der Waals surface area contributed by atoms with Crippen molar-refractivity contribution in [3.8, 4) is 11.5 Å². The van der Waals surface area contributed by atoms with Crippen LogP contribution in [0.4, 0.5) is 0 Å². The number of nitrogens with zero attached hydrogens (tertiary/aromatic N) is 3. The molecule has 1 aromatic carbocycles. The van der Waals surface area contributed by atoms with Crippen molar-refractivity contribution < 1.29 is 9.32 Å². The van der Waals surface area contributed by atoms with Gasteiger partial charge in [-0.15, -0.1) is 11.6 Å². The van der Waals surface area contributed by atoms with Crippen molar-refractivity contribution in [2.24, 2.45) is 0 Å². The molecule has 2 aromatic rings. The van der Waals surface area contributed by atoms with E-state index >= 15 is 0 Å². The van der Waals surface area contributed by atoms with E-state index in [0.717, 1.165) is 22.3 Å². The first kappa shape index (κ1) is 13.1. The van der Waals surface area contributed by atoms with E-state index in [1.54, 1.807) is 0 Å². The van der Waals surface area contributed by atoms with Crippen molar-refractivity contribution in [3.05, 3.63) is 34.6 Å². The van der Waals surface area contributed by atoms with Gasteiger partial charge >= 0.3 is 0 Å². The Bertz CT molecular complexity index is 681. The Morgan fingerprint density at radius 1 is 1.45 bits per heavy atom. The molecule has 20 heavy (non-hydrogen) atoms. The van der Waals surface area contributed by atoms with Gasteiger partial charge in [-0.3, -0.25) is 4.79 Å². The van der Waals surface area contributed by atoms with E-state index in [9.17, 15) is 4.79 Å². The summed E-state index contributed by atoms with van der Waals surface area (Å²) in [4.78, 5) is 18.2. The van der Waals surface area contributed by atoms with Crippen molar-refractivity contribution in [1.29, 1.82) is 0 Å². The maximum atomic E-state index is 12.2. The summed E-state index contributed by atoms with van der Waals surface area (Å²) in [6, 6.07) is 3.85. The molecule has 2 heterocycles. The summed E-state index contributed by atoms with van der Waals surface area (Å²) >= 11 is 5.67. The summed E-state index contributed by atoms with van der Waals surface area (Å²) < 4.78 is 5.19. The molecule has 0 fully saturated rings. The van der Waals surface area contributed by atoms with Gasteiger partial charge in [0.1, 0.15) is 0 Å². The molecule has 0 radical (unpaired) electrons.